The van der Waals surface area contributed by atoms with Crippen LogP contribution in [0.2, 0.25) is 0 Å². The molecule has 0 aliphatic carbocycles. The molecule has 2 aromatic rings. The number of aromatic amines is 1. The van der Waals surface area contributed by atoms with Crippen molar-refractivity contribution >= 4 is 5.91 Å². The third-order valence-electron chi connectivity index (χ3n) is 5.08. The minimum atomic E-state index is -0.0792. The maximum atomic E-state index is 12.6. The predicted octanol–water partition coefficient (Wildman–Crippen LogP) is 1.88. The number of H-pyrrole nitrogens is 1. The summed E-state index contributed by atoms with van der Waals surface area (Å²) in [5.74, 6) is -0.0792. The number of amides is 1. The van der Waals surface area contributed by atoms with Crippen LogP contribution in [0.4, 0.5) is 0 Å². The van der Waals surface area contributed by atoms with Crippen LogP contribution in [0.3, 0.4) is 0 Å². The molecule has 0 saturated carbocycles. The third-order valence-corrected chi connectivity index (χ3v) is 5.08. The number of nitrogens with zero attached hydrogens (tertiary/aromatic N) is 2. The maximum Gasteiger partial charge on any atom is 0.272 e. The molecule has 6 nitrogen and oxygen atoms in total. The zero-order chi connectivity index (χ0) is 17.1. The summed E-state index contributed by atoms with van der Waals surface area (Å²) in [5, 5.41) is 10.3. The first kappa shape index (κ1) is 16.3. The Morgan fingerprint density at radius 2 is 2.08 bits per heavy atom. The Kier molecular flexibility index (Phi) is 4.81. The number of fused-ring (bicyclic) bond motifs is 1. The Morgan fingerprint density at radius 3 is 2.88 bits per heavy atom. The van der Waals surface area contributed by atoms with Crippen molar-refractivity contribution in [1.29, 1.82) is 0 Å². The normalized spacial score (nSPS) is 18.7. The van der Waals surface area contributed by atoms with Crippen molar-refractivity contribution in [3.8, 4) is 0 Å². The van der Waals surface area contributed by atoms with Gasteiger partial charge in [0.1, 0.15) is 0 Å². The van der Waals surface area contributed by atoms with Crippen LogP contribution in [0.15, 0.2) is 30.3 Å². The lowest BCUT2D eigenvalue weighted by molar-refractivity contribution is 0.0884. The van der Waals surface area contributed by atoms with Gasteiger partial charge < -0.3 is 10.1 Å². The molecule has 132 valence electrons. The summed E-state index contributed by atoms with van der Waals surface area (Å²) in [4.78, 5) is 15.0. The van der Waals surface area contributed by atoms with Gasteiger partial charge in [0.25, 0.3) is 5.91 Å². The summed E-state index contributed by atoms with van der Waals surface area (Å²) in [7, 11) is 0. The van der Waals surface area contributed by atoms with Gasteiger partial charge in [0, 0.05) is 43.4 Å². The fraction of sp³-hybridized carbons (Fsp3) is 0.474. The molecule has 2 aliphatic rings. The van der Waals surface area contributed by atoms with E-state index < -0.39 is 0 Å². The van der Waals surface area contributed by atoms with Crippen molar-refractivity contribution in [3.63, 3.8) is 0 Å². The molecule has 0 spiro atoms. The molecule has 6 heteroatoms. The second-order valence-electron chi connectivity index (χ2n) is 6.84. The molecule has 2 N–H and O–H groups in total. The minimum Gasteiger partial charge on any atom is -0.376 e. The smallest absolute Gasteiger partial charge is 0.272 e. The summed E-state index contributed by atoms with van der Waals surface area (Å²) in [6.07, 6.45) is 2.75. The van der Waals surface area contributed by atoms with E-state index in [0.717, 1.165) is 50.2 Å². The second-order valence-corrected chi connectivity index (χ2v) is 6.84. The Labute approximate surface area is 147 Å². The summed E-state index contributed by atoms with van der Waals surface area (Å²) in [6.45, 7) is 4.15. The van der Waals surface area contributed by atoms with Crippen molar-refractivity contribution in [3.05, 3.63) is 52.8 Å². The van der Waals surface area contributed by atoms with Crippen molar-refractivity contribution in [2.45, 2.75) is 38.5 Å². The van der Waals surface area contributed by atoms with Gasteiger partial charge in [-0.05, 0) is 18.4 Å². The summed E-state index contributed by atoms with van der Waals surface area (Å²) >= 11 is 0. The molecule has 0 bridgehead atoms. The average Bonchev–Trinajstić information content (AvgIpc) is 3.08. The second kappa shape index (κ2) is 7.37. The van der Waals surface area contributed by atoms with Crippen LogP contribution in [-0.2, 0) is 24.3 Å². The van der Waals surface area contributed by atoms with Gasteiger partial charge in [-0.25, -0.2) is 0 Å². The van der Waals surface area contributed by atoms with E-state index in [2.05, 4.69) is 44.7 Å². The van der Waals surface area contributed by atoms with Crippen LogP contribution in [-0.4, -0.2) is 46.7 Å². The molecule has 4 rings (SSSR count). The van der Waals surface area contributed by atoms with E-state index in [1.165, 1.54) is 5.56 Å². The highest BCUT2D eigenvalue weighted by atomic mass is 16.5. The van der Waals surface area contributed by atoms with Crippen molar-refractivity contribution in [2.75, 3.05) is 19.7 Å². The van der Waals surface area contributed by atoms with E-state index in [1.807, 2.05) is 6.07 Å². The molecular weight excluding hydrogens is 316 g/mol. The monoisotopic (exact) mass is 340 g/mol. The van der Waals surface area contributed by atoms with Gasteiger partial charge in [-0.2, -0.15) is 5.10 Å². The number of carbonyl (C=O) groups is 1. The first-order valence-electron chi connectivity index (χ1n) is 9.00. The van der Waals surface area contributed by atoms with Crippen LogP contribution in [0, 0.1) is 0 Å². The van der Waals surface area contributed by atoms with Gasteiger partial charge in [-0.15, -0.1) is 0 Å². The third kappa shape index (κ3) is 3.75. The van der Waals surface area contributed by atoms with Gasteiger partial charge in [-0.1, -0.05) is 30.3 Å². The number of likely N-dealkylation sites (tertiary alicyclic amines) is 1. The molecule has 1 fully saturated rings. The summed E-state index contributed by atoms with van der Waals surface area (Å²) < 4.78 is 5.46. The largest absolute Gasteiger partial charge is 0.376 e. The van der Waals surface area contributed by atoms with E-state index in [0.29, 0.717) is 18.9 Å². The molecule has 0 atom stereocenters. The lowest BCUT2D eigenvalue weighted by atomic mass is 10.0. The number of ether oxygens (including phenoxy) is 1. The Bertz CT molecular complexity index is 720. The Balaban J connectivity index is 1.30. The number of hydrogen-bond donors (Lipinski definition) is 2. The molecule has 2 aliphatic heterocycles. The molecule has 25 heavy (non-hydrogen) atoms. The standard InChI is InChI=1S/C19H24N4O2/c24-19(18-16-13-25-11-8-17(16)21-22-18)20-15-6-9-23(10-7-15)12-14-4-2-1-3-5-14/h1-5,15H,6-13H2,(H,20,24)(H,21,22). The van der Waals surface area contributed by atoms with E-state index in [9.17, 15) is 4.79 Å². The SMILES string of the molecule is O=C(NC1CCN(Cc2ccccc2)CC1)c1n[nH]c2c1COCC2. The van der Waals surface area contributed by atoms with Gasteiger partial charge in [0.2, 0.25) is 0 Å². The molecule has 3 heterocycles. The number of aromatic nitrogens is 2. The van der Waals surface area contributed by atoms with Gasteiger partial charge in [0.15, 0.2) is 5.69 Å². The molecule has 0 radical (unpaired) electrons. The Morgan fingerprint density at radius 1 is 1.28 bits per heavy atom. The fourth-order valence-electron chi connectivity index (χ4n) is 3.63. The summed E-state index contributed by atoms with van der Waals surface area (Å²) in [6, 6.07) is 10.8. The van der Waals surface area contributed by atoms with Crippen LogP contribution < -0.4 is 5.32 Å². The van der Waals surface area contributed by atoms with E-state index in [-0.39, 0.29) is 11.9 Å². The topological polar surface area (TPSA) is 70.2 Å². The summed E-state index contributed by atoms with van der Waals surface area (Å²) in [5.41, 5.74) is 3.80. The first-order valence-corrected chi connectivity index (χ1v) is 9.00. The highest BCUT2D eigenvalue weighted by molar-refractivity contribution is 5.94. The maximum absolute atomic E-state index is 12.6. The Hall–Kier alpha value is -2.18. The number of piperidine rings is 1. The average molecular weight is 340 g/mol. The van der Waals surface area contributed by atoms with Crippen LogP contribution in [0.1, 0.15) is 40.2 Å². The highest BCUT2D eigenvalue weighted by Gasteiger charge is 2.26. The van der Waals surface area contributed by atoms with Crippen molar-refractivity contribution in [1.82, 2.24) is 20.4 Å². The zero-order valence-electron chi connectivity index (χ0n) is 14.3. The quantitative estimate of drug-likeness (QED) is 0.891. The van der Waals surface area contributed by atoms with Crippen molar-refractivity contribution in [2.24, 2.45) is 0 Å². The number of hydrogen-bond acceptors (Lipinski definition) is 4. The lowest BCUT2D eigenvalue weighted by Gasteiger charge is -2.32. The number of carbonyl (C=O) groups excluding carboxylic acids is 1. The molecule has 0 unspecified atom stereocenters. The van der Waals surface area contributed by atoms with Crippen LogP contribution in [0.25, 0.3) is 0 Å². The van der Waals surface area contributed by atoms with Gasteiger partial charge >= 0.3 is 0 Å². The van der Waals surface area contributed by atoms with E-state index in [4.69, 9.17) is 4.74 Å². The minimum absolute atomic E-state index is 0.0792. The molecule has 1 saturated heterocycles. The molecular formula is C19H24N4O2. The fourth-order valence-corrected chi connectivity index (χ4v) is 3.63. The van der Waals surface area contributed by atoms with E-state index >= 15 is 0 Å². The molecule has 1 amide bonds. The van der Waals surface area contributed by atoms with E-state index in [1.54, 1.807) is 0 Å². The highest BCUT2D eigenvalue weighted by Crippen LogP contribution is 2.19. The lowest BCUT2D eigenvalue weighted by Crippen LogP contribution is -2.44. The van der Waals surface area contributed by atoms with Crippen LogP contribution in [0.5, 0.6) is 0 Å². The van der Waals surface area contributed by atoms with Crippen LogP contribution >= 0.6 is 0 Å². The van der Waals surface area contributed by atoms with Gasteiger partial charge in [-0.3, -0.25) is 14.8 Å². The molecule has 1 aromatic heterocycles. The predicted molar refractivity (Wildman–Crippen MR) is 94.2 cm³/mol. The van der Waals surface area contributed by atoms with Gasteiger partial charge in [0.05, 0.1) is 13.2 Å². The molecule has 1 aromatic carbocycles. The number of rotatable bonds is 4. The number of benzene rings is 1. The van der Waals surface area contributed by atoms with Crippen molar-refractivity contribution < 1.29 is 9.53 Å². The first-order chi connectivity index (χ1) is 12.3. The number of nitrogens with one attached hydrogen (secondary N) is 2. The zero-order valence-corrected chi connectivity index (χ0v) is 14.3.